The molecule has 7 heteroatoms. The summed E-state index contributed by atoms with van der Waals surface area (Å²) >= 11 is 5.86. The molecule has 0 saturated heterocycles. The molecule has 0 bridgehead atoms. The van der Waals surface area contributed by atoms with Gasteiger partial charge < -0.3 is 4.74 Å². The molecule has 0 fully saturated rings. The van der Waals surface area contributed by atoms with Crippen LogP contribution >= 0.6 is 11.6 Å². The number of ether oxygens (including phenoxy) is 1. The Bertz CT molecular complexity index is 734. The fraction of sp³-hybridized carbons (Fsp3) is 0.0769. The van der Waals surface area contributed by atoms with E-state index in [9.17, 15) is 12.8 Å². The van der Waals surface area contributed by atoms with E-state index in [0.29, 0.717) is 0 Å². The zero-order chi connectivity index (χ0) is 14.8. The highest BCUT2D eigenvalue weighted by Gasteiger charge is 2.19. The van der Waals surface area contributed by atoms with Crippen LogP contribution in [-0.2, 0) is 10.0 Å². The van der Waals surface area contributed by atoms with Crippen molar-refractivity contribution < 1.29 is 17.5 Å². The lowest BCUT2D eigenvalue weighted by Gasteiger charge is -2.12. The van der Waals surface area contributed by atoms with Crippen molar-refractivity contribution in [3.63, 3.8) is 0 Å². The molecule has 0 radical (unpaired) electrons. The van der Waals surface area contributed by atoms with E-state index in [1.54, 1.807) is 12.1 Å². The monoisotopic (exact) mass is 315 g/mol. The predicted octanol–water partition coefficient (Wildman–Crippen LogP) is 3.29. The third kappa shape index (κ3) is 3.02. The smallest absolute Gasteiger partial charge is 0.263 e. The van der Waals surface area contributed by atoms with Gasteiger partial charge in [0.25, 0.3) is 10.0 Å². The minimum absolute atomic E-state index is 0.0620. The Labute approximate surface area is 121 Å². The molecule has 20 heavy (non-hydrogen) atoms. The third-order valence-electron chi connectivity index (χ3n) is 2.53. The highest BCUT2D eigenvalue weighted by Crippen LogP contribution is 2.29. The van der Waals surface area contributed by atoms with Crippen molar-refractivity contribution in [1.29, 1.82) is 0 Å². The minimum atomic E-state index is -3.87. The molecular formula is C13H11ClFNO3S. The van der Waals surface area contributed by atoms with Gasteiger partial charge in [0, 0.05) is 6.07 Å². The van der Waals surface area contributed by atoms with Crippen LogP contribution in [0.1, 0.15) is 0 Å². The number of rotatable bonds is 4. The number of methoxy groups -OCH3 is 1. The van der Waals surface area contributed by atoms with E-state index >= 15 is 0 Å². The molecule has 0 aliphatic rings. The van der Waals surface area contributed by atoms with Crippen LogP contribution in [0.2, 0.25) is 5.02 Å². The fourth-order valence-corrected chi connectivity index (χ4v) is 3.20. The van der Waals surface area contributed by atoms with Crippen LogP contribution in [0.25, 0.3) is 0 Å². The second-order valence-corrected chi connectivity index (χ2v) is 5.94. The first kappa shape index (κ1) is 14.6. The van der Waals surface area contributed by atoms with Crippen molar-refractivity contribution in [2.75, 3.05) is 11.8 Å². The predicted molar refractivity (Wildman–Crippen MR) is 75.2 cm³/mol. The average molecular weight is 316 g/mol. The standard InChI is InChI=1S/C13H11ClFNO3S/c1-19-12-8-9(15)6-7-11(12)16-20(17,18)13-5-3-2-4-10(13)14/h2-8,16H,1H3. The Morgan fingerprint density at radius 2 is 1.90 bits per heavy atom. The minimum Gasteiger partial charge on any atom is -0.494 e. The van der Waals surface area contributed by atoms with Crippen molar-refractivity contribution in [2.24, 2.45) is 0 Å². The SMILES string of the molecule is COc1cc(F)ccc1NS(=O)(=O)c1ccccc1Cl. The van der Waals surface area contributed by atoms with Gasteiger partial charge in [-0.1, -0.05) is 23.7 Å². The Morgan fingerprint density at radius 3 is 2.55 bits per heavy atom. The van der Waals surface area contributed by atoms with E-state index in [1.807, 2.05) is 0 Å². The summed E-state index contributed by atoms with van der Waals surface area (Å²) in [7, 11) is -2.55. The molecule has 0 aliphatic heterocycles. The van der Waals surface area contributed by atoms with Gasteiger partial charge in [0.1, 0.15) is 16.5 Å². The molecule has 106 valence electrons. The number of anilines is 1. The van der Waals surface area contributed by atoms with Gasteiger partial charge in [-0.3, -0.25) is 4.72 Å². The van der Waals surface area contributed by atoms with Gasteiger partial charge in [-0.15, -0.1) is 0 Å². The van der Waals surface area contributed by atoms with Gasteiger partial charge in [0.2, 0.25) is 0 Å². The lowest BCUT2D eigenvalue weighted by atomic mass is 10.3. The number of benzene rings is 2. The van der Waals surface area contributed by atoms with Crippen molar-refractivity contribution >= 4 is 27.3 Å². The Balaban J connectivity index is 2.41. The lowest BCUT2D eigenvalue weighted by Crippen LogP contribution is -2.14. The molecule has 4 nitrogen and oxygen atoms in total. The van der Waals surface area contributed by atoms with Gasteiger partial charge >= 0.3 is 0 Å². The zero-order valence-corrected chi connectivity index (χ0v) is 12.0. The maximum absolute atomic E-state index is 13.1. The van der Waals surface area contributed by atoms with Crippen molar-refractivity contribution in [2.45, 2.75) is 4.90 Å². The molecule has 2 rings (SSSR count). The summed E-state index contributed by atoms with van der Waals surface area (Å²) < 4.78 is 44.8. The summed E-state index contributed by atoms with van der Waals surface area (Å²) in [5.74, 6) is -0.442. The van der Waals surface area contributed by atoms with Gasteiger partial charge in [-0.25, -0.2) is 12.8 Å². The van der Waals surface area contributed by atoms with Crippen LogP contribution in [0.3, 0.4) is 0 Å². The normalized spacial score (nSPS) is 11.2. The first-order chi connectivity index (χ1) is 9.44. The molecule has 0 heterocycles. The summed E-state index contributed by atoms with van der Waals surface area (Å²) in [4.78, 5) is -0.0620. The molecule has 0 atom stereocenters. The van der Waals surface area contributed by atoms with E-state index in [2.05, 4.69) is 4.72 Å². The molecule has 0 aromatic heterocycles. The number of sulfonamides is 1. The van der Waals surface area contributed by atoms with Crippen LogP contribution in [0.5, 0.6) is 5.75 Å². The summed E-state index contributed by atoms with van der Waals surface area (Å²) in [5, 5.41) is 0.0982. The molecule has 0 spiro atoms. The lowest BCUT2D eigenvalue weighted by molar-refractivity contribution is 0.413. The van der Waals surface area contributed by atoms with E-state index in [0.717, 1.165) is 12.1 Å². The van der Waals surface area contributed by atoms with Gasteiger partial charge in [0.05, 0.1) is 17.8 Å². The van der Waals surface area contributed by atoms with E-state index in [4.69, 9.17) is 16.3 Å². The Kier molecular flexibility index (Phi) is 4.15. The molecule has 0 saturated carbocycles. The number of hydrogen-bond donors (Lipinski definition) is 1. The number of hydrogen-bond acceptors (Lipinski definition) is 3. The molecule has 0 amide bonds. The highest BCUT2D eigenvalue weighted by atomic mass is 35.5. The molecule has 2 aromatic rings. The highest BCUT2D eigenvalue weighted by molar-refractivity contribution is 7.92. The Hall–Kier alpha value is -1.79. The summed E-state index contributed by atoms with van der Waals surface area (Å²) in [5.41, 5.74) is 0.133. The maximum atomic E-state index is 13.1. The van der Waals surface area contributed by atoms with Crippen molar-refractivity contribution in [1.82, 2.24) is 0 Å². The summed E-state index contributed by atoms with van der Waals surface area (Å²) in [6.07, 6.45) is 0. The molecule has 2 aromatic carbocycles. The van der Waals surface area contributed by atoms with Crippen LogP contribution in [0, 0.1) is 5.82 Å². The maximum Gasteiger partial charge on any atom is 0.263 e. The van der Waals surface area contributed by atoms with Gasteiger partial charge in [-0.05, 0) is 24.3 Å². The van der Waals surface area contributed by atoms with Crippen LogP contribution in [-0.4, -0.2) is 15.5 Å². The summed E-state index contributed by atoms with van der Waals surface area (Å²) in [6.45, 7) is 0. The topological polar surface area (TPSA) is 55.4 Å². The number of halogens is 2. The molecule has 0 unspecified atom stereocenters. The van der Waals surface area contributed by atoms with E-state index < -0.39 is 15.8 Å². The molecule has 0 aliphatic carbocycles. The zero-order valence-electron chi connectivity index (χ0n) is 10.4. The fourth-order valence-electron chi connectivity index (χ4n) is 1.61. The van der Waals surface area contributed by atoms with Crippen LogP contribution in [0.15, 0.2) is 47.4 Å². The quantitative estimate of drug-likeness (QED) is 0.942. The van der Waals surface area contributed by atoms with Gasteiger partial charge in [0.15, 0.2) is 0 Å². The van der Waals surface area contributed by atoms with Crippen molar-refractivity contribution in [3.05, 3.63) is 53.3 Å². The third-order valence-corrected chi connectivity index (χ3v) is 4.40. The number of nitrogens with one attached hydrogen (secondary N) is 1. The summed E-state index contributed by atoms with van der Waals surface area (Å²) in [6, 6.07) is 9.53. The first-order valence-electron chi connectivity index (χ1n) is 5.55. The molecule has 1 N–H and O–H groups in total. The van der Waals surface area contributed by atoms with E-state index in [-0.39, 0.29) is 21.4 Å². The first-order valence-corrected chi connectivity index (χ1v) is 7.41. The van der Waals surface area contributed by atoms with E-state index in [1.165, 1.54) is 25.3 Å². The second kappa shape index (κ2) is 5.68. The van der Waals surface area contributed by atoms with Crippen molar-refractivity contribution in [3.8, 4) is 5.75 Å². The molecular weight excluding hydrogens is 305 g/mol. The van der Waals surface area contributed by atoms with Gasteiger partial charge in [-0.2, -0.15) is 0 Å². The largest absolute Gasteiger partial charge is 0.494 e. The Morgan fingerprint density at radius 1 is 1.20 bits per heavy atom. The average Bonchev–Trinajstić information content (AvgIpc) is 2.41. The van der Waals surface area contributed by atoms with Crippen LogP contribution in [0.4, 0.5) is 10.1 Å². The second-order valence-electron chi connectivity index (χ2n) is 3.88. The van der Waals surface area contributed by atoms with Crippen LogP contribution < -0.4 is 9.46 Å².